The van der Waals surface area contributed by atoms with Crippen molar-refractivity contribution in [3.05, 3.63) is 41.7 Å². The Hall–Kier alpha value is -2.35. The van der Waals surface area contributed by atoms with Gasteiger partial charge in [-0.15, -0.1) is 10.2 Å². The molecule has 2 saturated heterocycles. The zero-order valence-electron chi connectivity index (χ0n) is 15.3. The van der Waals surface area contributed by atoms with Gasteiger partial charge in [-0.25, -0.2) is 8.78 Å². The van der Waals surface area contributed by atoms with Gasteiger partial charge in [0, 0.05) is 51.4 Å². The molecule has 2 aliphatic rings. The summed E-state index contributed by atoms with van der Waals surface area (Å²) in [6, 6.07) is 4.07. The van der Waals surface area contributed by atoms with E-state index in [1.54, 1.807) is 0 Å². The van der Waals surface area contributed by atoms with Gasteiger partial charge in [-0.3, -0.25) is 9.88 Å². The van der Waals surface area contributed by atoms with Gasteiger partial charge in [0.15, 0.2) is 11.6 Å². The molecule has 0 unspecified atom stereocenters. The standard InChI is InChI=1S/C19H24F2N6/c20-16-12-22-13-17(21)15(16)14-25-8-10-27(11-9-25)19-5-4-18(23-24-19)26-6-2-1-3-7-26/h4-5,12-13H,1-3,6-11,14H2. The molecule has 0 atom stereocenters. The summed E-state index contributed by atoms with van der Waals surface area (Å²) in [4.78, 5) is 10.0. The quantitative estimate of drug-likeness (QED) is 0.819. The molecule has 0 radical (unpaired) electrons. The summed E-state index contributed by atoms with van der Waals surface area (Å²) >= 11 is 0. The second kappa shape index (κ2) is 8.12. The average Bonchev–Trinajstić information content (AvgIpc) is 2.72. The van der Waals surface area contributed by atoms with Crippen LogP contribution in [0.2, 0.25) is 0 Å². The SMILES string of the molecule is Fc1cncc(F)c1CN1CCN(c2ccc(N3CCCCC3)nn2)CC1. The van der Waals surface area contributed by atoms with E-state index in [0.717, 1.165) is 63.3 Å². The number of anilines is 2. The number of pyridine rings is 1. The minimum Gasteiger partial charge on any atom is -0.355 e. The molecule has 0 aliphatic carbocycles. The van der Waals surface area contributed by atoms with Crippen LogP contribution in [0.3, 0.4) is 0 Å². The molecule has 0 N–H and O–H groups in total. The Morgan fingerprint density at radius 3 is 1.85 bits per heavy atom. The van der Waals surface area contributed by atoms with Crippen molar-refractivity contribution in [1.29, 1.82) is 0 Å². The van der Waals surface area contributed by atoms with Gasteiger partial charge in [0.05, 0.1) is 12.4 Å². The predicted octanol–water partition coefficient (Wildman–Crippen LogP) is 2.46. The number of halogens is 2. The highest BCUT2D eigenvalue weighted by Crippen LogP contribution is 2.21. The van der Waals surface area contributed by atoms with Crippen molar-refractivity contribution >= 4 is 11.6 Å². The summed E-state index contributed by atoms with van der Waals surface area (Å²) in [6.45, 7) is 5.31. The van der Waals surface area contributed by atoms with Crippen LogP contribution in [-0.4, -0.2) is 59.3 Å². The molecule has 0 spiro atoms. The Morgan fingerprint density at radius 1 is 0.741 bits per heavy atom. The second-order valence-electron chi connectivity index (χ2n) is 7.14. The second-order valence-corrected chi connectivity index (χ2v) is 7.14. The van der Waals surface area contributed by atoms with Crippen LogP contribution in [0.5, 0.6) is 0 Å². The van der Waals surface area contributed by atoms with Crippen LogP contribution in [0, 0.1) is 11.6 Å². The molecule has 8 heteroatoms. The molecular formula is C19H24F2N6. The highest BCUT2D eigenvalue weighted by Gasteiger charge is 2.21. The zero-order valence-corrected chi connectivity index (χ0v) is 15.3. The summed E-state index contributed by atoms with van der Waals surface area (Å²) < 4.78 is 27.6. The van der Waals surface area contributed by atoms with Gasteiger partial charge < -0.3 is 9.80 Å². The lowest BCUT2D eigenvalue weighted by molar-refractivity contribution is 0.242. The summed E-state index contributed by atoms with van der Waals surface area (Å²) in [5.41, 5.74) is 0.0872. The first-order valence-electron chi connectivity index (χ1n) is 9.54. The van der Waals surface area contributed by atoms with Crippen molar-refractivity contribution < 1.29 is 8.78 Å². The maximum absolute atomic E-state index is 13.8. The molecule has 2 aromatic rings. The third kappa shape index (κ3) is 4.16. The monoisotopic (exact) mass is 374 g/mol. The Morgan fingerprint density at radius 2 is 1.30 bits per heavy atom. The van der Waals surface area contributed by atoms with Gasteiger partial charge in [0.25, 0.3) is 0 Å². The number of aromatic nitrogens is 3. The summed E-state index contributed by atoms with van der Waals surface area (Å²) in [5, 5.41) is 8.80. The van der Waals surface area contributed by atoms with Crippen LogP contribution in [0.1, 0.15) is 24.8 Å². The van der Waals surface area contributed by atoms with Crippen LogP contribution in [0.25, 0.3) is 0 Å². The first-order valence-corrected chi connectivity index (χ1v) is 9.54. The first-order chi connectivity index (χ1) is 13.2. The van der Waals surface area contributed by atoms with Crippen molar-refractivity contribution in [1.82, 2.24) is 20.1 Å². The molecule has 0 aromatic carbocycles. The molecule has 6 nitrogen and oxygen atoms in total. The van der Waals surface area contributed by atoms with Crippen molar-refractivity contribution in [2.24, 2.45) is 0 Å². The van der Waals surface area contributed by atoms with E-state index in [9.17, 15) is 8.78 Å². The molecule has 0 amide bonds. The van der Waals surface area contributed by atoms with Gasteiger partial charge in [0.1, 0.15) is 11.6 Å². The summed E-state index contributed by atoms with van der Waals surface area (Å²) in [6.07, 6.45) is 5.84. The number of rotatable bonds is 4. The zero-order chi connectivity index (χ0) is 18.6. The van der Waals surface area contributed by atoms with Crippen molar-refractivity contribution in [2.45, 2.75) is 25.8 Å². The van der Waals surface area contributed by atoms with E-state index in [2.05, 4.69) is 25.0 Å². The van der Waals surface area contributed by atoms with Gasteiger partial charge >= 0.3 is 0 Å². The van der Waals surface area contributed by atoms with Gasteiger partial charge in [-0.05, 0) is 31.4 Å². The van der Waals surface area contributed by atoms with E-state index in [4.69, 9.17) is 0 Å². The van der Waals surface area contributed by atoms with Crippen molar-refractivity contribution in [2.75, 3.05) is 49.1 Å². The van der Waals surface area contributed by atoms with Crippen molar-refractivity contribution in [3.63, 3.8) is 0 Å². The van der Waals surface area contributed by atoms with E-state index in [-0.39, 0.29) is 12.1 Å². The van der Waals surface area contributed by atoms with E-state index in [0.29, 0.717) is 0 Å². The Balaban J connectivity index is 1.33. The van der Waals surface area contributed by atoms with E-state index in [1.165, 1.54) is 19.3 Å². The molecule has 2 aliphatic heterocycles. The summed E-state index contributed by atoms with van der Waals surface area (Å²) in [7, 11) is 0. The lowest BCUT2D eigenvalue weighted by Crippen LogP contribution is -2.46. The van der Waals surface area contributed by atoms with E-state index < -0.39 is 11.6 Å². The van der Waals surface area contributed by atoms with Gasteiger partial charge in [0.2, 0.25) is 0 Å². The first kappa shape index (κ1) is 18.0. The van der Waals surface area contributed by atoms with E-state index >= 15 is 0 Å². The highest BCUT2D eigenvalue weighted by atomic mass is 19.1. The molecule has 0 bridgehead atoms. The highest BCUT2D eigenvalue weighted by molar-refractivity contribution is 5.45. The van der Waals surface area contributed by atoms with Crippen LogP contribution in [-0.2, 0) is 6.54 Å². The lowest BCUT2D eigenvalue weighted by Gasteiger charge is -2.35. The fourth-order valence-electron chi connectivity index (χ4n) is 3.73. The molecule has 2 fully saturated rings. The molecule has 4 heterocycles. The maximum Gasteiger partial charge on any atom is 0.151 e. The molecule has 144 valence electrons. The number of piperidine rings is 1. The molecule has 4 rings (SSSR count). The topological polar surface area (TPSA) is 48.4 Å². The smallest absolute Gasteiger partial charge is 0.151 e. The van der Waals surface area contributed by atoms with Crippen LogP contribution < -0.4 is 9.80 Å². The minimum atomic E-state index is -0.586. The fourth-order valence-corrected chi connectivity index (χ4v) is 3.73. The van der Waals surface area contributed by atoms with Crippen LogP contribution in [0.15, 0.2) is 24.5 Å². The molecule has 0 saturated carbocycles. The number of nitrogens with zero attached hydrogens (tertiary/aromatic N) is 6. The van der Waals surface area contributed by atoms with Crippen LogP contribution >= 0.6 is 0 Å². The normalized spacial score (nSPS) is 18.7. The van der Waals surface area contributed by atoms with E-state index in [1.807, 2.05) is 17.0 Å². The number of hydrogen-bond acceptors (Lipinski definition) is 6. The number of hydrogen-bond donors (Lipinski definition) is 0. The number of piperazine rings is 1. The predicted molar refractivity (Wildman–Crippen MR) is 99.7 cm³/mol. The average molecular weight is 374 g/mol. The molecular weight excluding hydrogens is 350 g/mol. The Bertz CT molecular complexity index is 735. The largest absolute Gasteiger partial charge is 0.355 e. The fraction of sp³-hybridized carbons (Fsp3) is 0.526. The molecule has 2 aromatic heterocycles. The van der Waals surface area contributed by atoms with Crippen LogP contribution in [0.4, 0.5) is 20.4 Å². The van der Waals surface area contributed by atoms with Gasteiger partial charge in [-0.1, -0.05) is 0 Å². The minimum absolute atomic E-state index is 0.0872. The lowest BCUT2D eigenvalue weighted by atomic mass is 10.1. The van der Waals surface area contributed by atoms with Gasteiger partial charge in [-0.2, -0.15) is 0 Å². The maximum atomic E-state index is 13.8. The third-order valence-electron chi connectivity index (χ3n) is 5.35. The summed E-state index contributed by atoms with van der Waals surface area (Å²) in [5.74, 6) is 0.630. The Labute approximate surface area is 157 Å². The third-order valence-corrected chi connectivity index (χ3v) is 5.35. The Kier molecular flexibility index (Phi) is 5.42. The molecule has 27 heavy (non-hydrogen) atoms. The van der Waals surface area contributed by atoms with Crippen molar-refractivity contribution in [3.8, 4) is 0 Å².